The molecule has 0 spiro atoms. The third-order valence-corrected chi connectivity index (χ3v) is 2.76. The monoisotopic (exact) mass is 206 g/mol. The average molecular weight is 206 g/mol. The molecule has 1 unspecified atom stereocenters. The van der Waals surface area contributed by atoms with E-state index in [-0.39, 0.29) is 5.92 Å². The van der Waals surface area contributed by atoms with Crippen LogP contribution in [-0.4, -0.2) is 11.1 Å². The Morgan fingerprint density at radius 3 is 2.93 bits per heavy atom. The van der Waals surface area contributed by atoms with E-state index in [1.54, 1.807) is 0 Å². The molecule has 3 nitrogen and oxygen atoms in total. The lowest BCUT2D eigenvalue weighted by atomic mass is 9.89. The van der Waals surface area contributed by atoms with Crippen molar-refractivity contribution < 1.29 is 14.3 Å². The molecule has 0 radical (unpaired) electrons. The number of hydrogen-bond donors (Lipinski definition) is 1. The van der Waals surface area contributed by atoms with Crippen molar-refractivity contribution in [2.24, 2.45) is 0 Å². The zero-order valence-corrected chi connectivity index (χ0v) is 8.69. The van der Waals surface area contributed by atoms with Crippen LogP contribution in [0.15, 0.2) is 28.2 Å². The van der Waals surface area contributed by atoms with Crippen molar-refractivity contribution in [1.82, 2.24) is 0 Å². The van der Waals surface area contributed by atoms with E-state index in [2.05, 4.69) is 0 Å². The van der Waals surface area contributed by atoms with Gasteiger partial charge in [-0.15, -0.1) is 0 Å². The van der Waals surface area contributed by atoms with E-state index in [0.717, 1.165) is 24.4 Å². The van der Waals surface area contributed by atoms with Crippen molar-refractivity contribution >= 4 is 5.97 Å². The quantitative estimate of drug-likeness (QED) is 0.809. The number of allylic oxidation sites excluding steroid dienone is 1. The molecule has 80 valence electrons. The van der Waals surface area contributed by atoms with Crippen LogP contribution in [0.25, 0.3) is 0 Å². The Bertz CT molecular complexity index is 401. The first-order valence-electron chi connectivity index (χ1n) is 5.17. The Morgan fingerprint density at radius 2 is 2.33 bits per heavy atom. The average Bonchev–Trinajstić information content (AvgIpc) is 2.65. The number of aryl methyl sites for hydroxylation is 1. The highest BCUT2D eigenvalue weighted by molar-refractivity contribution is 5.86. The molecule has 1 aromatic rings. The Balaban J connectivity index is 2.23. The van der Waals surface area contributed by atoms with E-state index < -0.39 is 5.97 Å². The van der Waals surface area contributed by atoms with E-state index in [1.807, 2.05) is 25.1 Å². The molecule has 0 bridgehead atoms. The van der Waals surface area contributed by atoms with Gasteiger partial charge in [-0.05, 0) is 38.3 Å². The third kappa shape index (κ3) is 2.12. The minimum absolute atomic E-state index is 0.138. The van der Waals surface area contributed by atoms with Gasteiger partial charge in [-0.3, -0.25) is 0 Å². The van der Waals surface area contributed by atoms with Gasteiger partial charge in [0.2, 0.25) is 0 Å². The van der Waals surface area contributed by atoms with Gasteiger partial charge in [-0.1, -0.05) is 6.08 Å². The first-order valence-corrected chi connectivity index (χ1v) is 5.17. The Hall–Kier alpha value is -1.51. The van der Waals surface area contributed by atoms with Crippen LogP contribution in [0, 0.1) is 6.92 Å². The standard InChI is InChI=1S/C12H14O3/c1-8-5-6-11(15-8)9-3-2-4-10(7-9)12(13)14/h5-7,9H,2-4H2,1H3,(H,13,14). The van der Waals surface area contributed by atoms with E-state index in [4.69, 9.17) is 9.52 Å². The Labute approximate surface area is 88.4 Å². The highest BCUT2D eigenvalue weighted by atomic mass is 16.4. The van der Waals surface area contributed by atoms with Gasteiger partial charge >= 0.3 is 5.97 Å². The molecule has 3 heteroatoms. The van der Waals surface area contributed by atoms with Gasteiger partial charge in [-0.2, -0.15) is 0 Å². The van der Waals surface area contributed by atoms with Crippen LogP contribution in [-0.2, 0) is 4.79 Å². The third-order valence-electron chi connectivity index (χ3n) is 2.76. The molecule has 0 amide bonds. The summed E-state index contributed by atoms with van der Waals surface area (Å²) in [5, 5.41) is 8.91. The SMILES string of the molecule is Cc1ccc(C2C=C(C(=O)O)CCC2)o1. The van der Waals surface area contributed by atoms with Gasteiger partial charge in [0.25, 0.3) is 0 Å². The van der Waals surface area contributed by atoms with E-state index >= 15 is 0 Å². The lowest BCUT2D eigenvalue weighted by Crippen LogP contribution is -2.09. The Kier molecular flexibility index (Phi) is 2.62. The second kappa shape index (κ2) is 3.93. The molecule has 1 N–H and O–H groups in total. The van der Waals surface area contributed by atoms with Crippen LogP contribution >= 0.6 is 0 Å². The van der Waals surface area contributed by atoms with Crippen molar-refractivity contribution in [1.29, 1.82) is 0 Å². The first kappa shape index (κ1) is 10.0. The fraction of sp³-hybridized carbons (Fsp3) is 0.417. The molecular formula is C12H14O3. The number of carbonyl (C=O) groups is 1. The van der Waals surface area contributed by atoms with Gasteiger partial charge in [0, 0.05) is 11.5 Å². The van der Waals surface area contributed by atoms with Crippen molar-refractivity contribution in [2.75, 3.05) is 0 Å². The minimum Gasteiger partial charge on any atom is -0.478 e. The molecule has 1 aromatic heterocycles. The topological polar surface area (TPSA) is 50.4 Å². The normalized spacial score (nSPS) is 21.1. The molecule has 0 fully saturated rings. The van der Waals surface area contributed by atoms with Crippen LogP contribution in [0.1, 0.15) is 36.7 Å². The van der Waals surface area contributed by atoms with E-state index in [0.29, 0.717) is 12.0 Å². The summed E-state index contributed by atoms with van der Waals surface area (Å²) in [7, 11) is 0. The summed E-state index contributed by atoms with van der Waals surface area (Å²) in [5.74, 6) is 1.09. The number of carboxylic acids is 1. The maximum atomic E-state index is 10.8. The molecule has 0 aromatic carbocycles. The summed E-state index contributed by atoms with van der Waals surface area (Å²) in [5.41, 5.74) is 0.514. The zero-order valence-electron chi connectivity index (χ0n) is 8.69. The molecule has 1 heterocycles. The second-order valence-corrected chi connectivity index (χ2v) is 3.94. The second-order valence-electron chi connectivity index (χ2n) is 3.94. The lowest BCUT2D eigenvalue weighted by molar-refractivity contribution is -0.132. The lowest BCUT2D eigenvalue weighted by Gasteiger charge is -2.17. The summed E-state index contributed by atoms with van der Waals surface area (Å²) >= 11 is 0. The van der Waals surface area contributed by atoms with Crippen molar-refractivity contribution in [3.8, 4) is 0 Å². The highest BCUT2D eigenvalue weighted by Crippen LogP contribution is 2.31. The van der Waals surface area contributed by atoms with Gasteiger partial charge in [0.05, 0.1) is 0 Å². The predicted octanol–water partition coefficient (Wildman–Crippen LogP) is 2.87. The molecule has 0 saturated heterocycles. The van der Waals surface area contributed by atoms with Gasteiger partial charge < -0.3 is 9.52 Å². The molecule has 1 aliphatic carbocycles. The molecule has 1 aliphatic rings. The Morgan fingerprint density at radius 1 is 1.53 bits per heavy atom. The summed E-state index contributed by atoms with van der Waals surface area (Å²) in [6.45, 7) is 1.90. The summed E-state index contributed by atoms with van der Waals surface area (Å²) < 4.78 is 5.51. The fourth-order valence-corrected chi connectivity index (χ4v) is 1.98. The van der Waals surface area contributed by atoms with Crippen molar-refractivity contribution in [3.63, 3.8) is 0 Å². The smallest absolute Gasteiger partial charge is 0.331 e. The predicted molar refractivity (Wildman–Crippen MR) is 55.8 cm³/mol. The number of carboxylic acid groups (broad SMARTS) is 1. The van der Waals surface area contributed by atoms with Crippen LogP contribution in [0.2, 0.25) is 0 Å². The number of aliphatic carboxylic acids is 1. The first-order chi connectivity index (χ1) is 7.16. The van der Waals surface area contributed by atoms with Gasteiger partial charge in [0.1, 0.15) is 11.5 Å². The van der Waals surface area contributed by atoms with Gasteiger partial charge in [-0.25, -0.2) is 4.79 Å². The van der Waals surface area contributed by atoms with Crippen LogP contribution in [0.5, 0.6) is 0 Å². The molecule has 15 heavy (non-hydrogen) atoms. The molecular weight excluding hydrogens is 192 g/mol. The number of rotatable bonds is 2. The maximum absolute atomic E-state index is 10.8. The molecule has 1 atom stereocenters. The van der Waals surface area contributed by atoms with Crippen LogP contribution in [0.4, 0.5) is 0 Å². The van der Waals surface area contributed by atoms with Crippen LogP contribution < -0.4 is 0 Å². The van der Waals surface area contributed by atoms with Crippen molar-refractivity contribution in [3.05, 3.63) is 35.3 Å². The zero-order chi connectivity index (χ0) is 10.8. The van der Waals surface area contributed by atoms with Crippen LogP contribution in [0.3, 0.4) is 0 Å². The number of hydrogen-bond acceptors (Lipinski definition) is 2. The highest BCUT2D eigenvalue weighted by Gasteiger charge is 2.20. The van der Waals surface area contributed by atoms with E-state index in [9.17, 15) is 4.79 Å². The van der Waals surface area contributed by atoms with E-state index in [1.165, 1.54) is 0 Å². The van der Waals surface area contributed by atoms with Crippen molar-refractivity contribution in [2.45, 2.75) is 32.1 Å². The summed E-state index contributed by atoms with van der Waals surface area (Å²) in [6, 6.07) is 3.85. The summed E-state index contributed by atoms with van der Waals surface area (Å²) in [4.78, 5) is 10.8. The van der Waals surface area contributed by atoms with Gasteiger partial charge in [0.15, 0.2) is 0 Å². The number of furan rings is 1. The maximum Gasteiger partial charge on any atom is 0.331 e. The molecule has 0 aliphatic heterocycles. The molecule has 2 rings (SSSR count). The molecule has 0 saturated carbocycles. The fourth-order valence-electron chi connectivity index (χ4n) is 1.98. The minimum atomic E-state index is -0.803. The largest absolute Gasteiger partial charge is 0.478 e. The summed E-state index contributed by atoms with van der Waals surface area (Å²) in [6.07, 6.45) is 4.39.